The van der Waals surface area contributed by atoms with Crippen molar-refractivity contribution in [2.75, 3.05) is 26.2 Å². The van der Waals surface area contributed by atoms with E-state index in [1.165, 1.54) is 31.2 Å². The molecule has 1 aromatic carbocycles. The van der Waals surface area contributed by atoms with Gasteiger partial charge in [0.05, 0.1) is 0 Å². The van der Waals surface area contributed by atoms with E-state index in [0.29, 0.717) is 55.3 Å². The molecule has 0 aliphatic heterocycles. The molecule has 40 heavy (non-hydrogen) atoms. The van der Waals surface area contributed by atoms with Crippen LogP contribution in [-0.2, 0) is 5.75 Å². The largest absolute Gasteiger partial charge is 0.370 e. The molecular formula is C29H54N10S. The SMILES string of the molecule is CCCCCCN=C(N)NC(N)=NCCCC(CCN=C(N)NC(N)=NCCCCCC)SCc1ccccc1. The van der Waals surface area contributed by atoms with Gasteiger partial charge < -0.3 is 22.9 Å². The van der Waals surface area contributed by atoms with Crippen molar-refractivity contribution in [3.63, 3.8) is 0 Å². The molecule has 0 aliphatic carbocycles. The number of aliphatic imine (C=N–C) groups is 4. The summed E-state index contributed by atoms with van der Waals surface area (Å²) in [6.45, 7) is 7.00. The molecule has 1 unspecified atom stereocenters. The predicted octanol–water partition coefficient (Wildman–Crippen LogP) is 4.06. The Morgan fingerprint density at radius 3 is 1.60 bits per heavy atom. The third kappa shape index (κ3) is 20.0. The average molecular weight is 575 g/mol. The number of nitrogens with zero attached hydrogens (tertiary/aromatic N) is 4. The molecule has 0 bridgehead atoms. The maximum atomic E-state index is 6.04. The molecule has 0 radical (unpaired) electrons. The topological polar surface area (TPSA) is 178 Å². The number of nitrogens with one attached hydrogen (secondary N) is 2. The molecule has 1 aromatic rings. The van der Waals surface area contributed by atoms with Crippen LogP contribution < -0.4 is 33.6 Å². The molecule has 1 atom stereocenters. The highest BCUT2D eigenvalue weighted by molar-refractivity contribution is 7.99. The summed E-state index contributed by atoms with van der Waals surface area (Å²) >= 11 is 1.93. The van der Waals surface area contributed by atoms with Crippen molar-refractivity contribution in [2.24, 2.45) is 42.9 Å². The Kier molecular flexibility index (Phi) is 21.0. The quantitative estimate of drug-likeness (QED) is 0.0772. The second-order valence-electron chi connectivity index (χ2n) is 9.79. The monoisotopic (exact) mass is 574 g/mol. The number of thioether (sulfide) groups is 1. The van der Waals surface area contributed by atoms with Crippen molar-refractivity contribution >= 4 is 35.6 Å². The second-order valence-corrected chi connectivity index (χ2v) is 11.1. The molecule has 0 amide bonds. The molecule has 10 nitrogen and oxygen atoms in total. The van der Waals surface area contributed by atoms with E-state index in [2.05, 4.69) is 68.7 Å². The first-order valence-corrected chi connectivity index (χ1v) is 15.9. The maximum absolute atomic E-state index is 6.04. The van der Waals surface area contributed by atoms with Crippen LogP contribution >= 0.6 is 11.8 Å². The van der Waals surface area contributed by atoms with Gasteiger partial charge in [0.15, 0.2) is 23.8 Å². The Bertz CT molecular complexity index is 886. The number of rotatable bonds is 20. The van der Waals surface area contributed by atoms with Gasteiger partial charge in [-0.2, -0.15) is 11.8 Å². The Labute approximate surface area is 246 Å². The van der Waals surface area contributed by atoms with E-state index in [-0.39, 0.29) is 0 Å². The average Bonchev–Trinajstić information content (AvgIpc) is 2.93. The van der Waals surface area contributed by atoms with Crippen LogP contribution in [0.5, 0.6) is 0 Å². The highest BCUT2D eigenvalue weighted by Crippen LogP contribution is 2.24. The minimum Gasteiger partial charge on any atom is -0.370 e. The van der Waals surface area contributed by atoms with E-state index in [9.17, 15) is 0 Å². The Morgan fingerprint density at radius 2 is 1.10 bits per heavy atom. The molecule has 0 saturated carbocycles. The molecule has 0 spiro atoms. The van der Waals surface area contributed by atoms with Crippen molar-refractivity contribution < 1.29 is 0 Å². The van der Waals surface area contributed by atoms with Gasteiger partial charge in [0.1, 0.15) is 0 Å². The summed E-state index contributed by atoms with van der Waals surface area (Å²) in [6, 6.07) is 10.5. The summed E-state index contributed by atoms with van der Waals surface area (Å²) in [5.41, 5.74) is 25.2. The zero-order valence-electron chi connectivity index (χ0n) is 24.8. The minimum absolute atomic E-state index is 0.301. The summed E-state index contributed by atoms with van der Waals surface area (Å²) in [5.74, 6) is 2.18. The zero-order chi connectivity index (χ0) is 29.3. The summed E-state index contributed by atoms with van der Waals surface area (Å²) < 4.78 is 0. The van der Waals surface area contributed by atoms with E-state index >= 15 is 0 Å². The van der Waals surface area contributed by atoms with Gasteiger partial charge in [-0.1, -0.05) is 82.7 Å². The van der Waals surface area contributed by atoms with Crippen molar-refractivity contribution in [1.29, 1.82) is 0 Å². The number of nitrogens with two attached hydrogens (primary N) is 4. The Morgan fingerprint density at radius 1 is 0.625 bits per heavy atom. The lowest BCUT2D eigenvalue weighted by atomic mass is 10.2. The Hall–Kier alpha value is -2.95. The van der Waals surface area contributed by atoms with Crippen molar-refractivity contribution in [2.45, 2.75) is 95.5 Å². The van der Waals surface area contributed by atoms with Crippen LogP contribution in [0.4, 0.5) is 0 Å². The maximum Gasteiger partial charge on any atom is 0.195 e. The van der Waals surface area contributed by atoms with Gasteiger partial charge in [0, 0.05) is 37.2 Å². The molecular weight excluding hydrogens is 520 g/mol. The van der Waals surface area contributed by atoms with Gasteiger partial charge >= 0.3 is 0 Å². The van der Waals surface area contributed by atoms with E-state index in [4.69, 9.17) is 22.9 Å². The van der Waals surface area contributed by atoms with Gasteiger partial charge in [-0.25, -0.2) is 0 Å². The Balaban J connectivity index is 2.51. The fraction of sp³-hybridized carbons (Fsp3) is 0.655. The van der Waals surface area contributed by atoms with Crippen LogP contribution in [0.3, 0.4) is 0 Å². The van der Waals surface area contributed by atoms with Crippen LogP contribution in [0.25, 0.3) is 0 Å². The molecule has 0 heterocycles. The van der Waals surface area contributed by atoms with Crippen molar-refractivity contribution in [1.82, 2.24) is 10.6 Å². The summed E-state index contributed by atoms with van der Waals surface area (Å²) in [6.07, 6.45) is 12.0. The van der Waals surface area contributed by atoms with Crippen LogP contribution in [0.2, 0.25) is 0 Å². The van der Waals surface area contributed by atoms with Gasteiger partial charge in [-0.15, -0.1) is 0 Å². The first-order chi connectivity index (χ1) is 19.4. The normalized spacial score (nSPS) is 13.8. The van der Waals surface area contributed by atoms with E-state index < -0.39 is 0 Å². The fourth-order valence-electron chi connectivity index (χ4n) is 3.84. The molecule has 10 N–H and O–H groups in total. The first kappa shape index (κ1) is 35.1. The molecule has 11 heteroatoms. The summed E-state index contributed by atoms with van der Waals surface area (Å²) in [4.78, 5) is 17.5. The molecule has 1 rings (SSSR count). The lowest BCUT2D eigenvalue weighted by Gasteiger charge is -2.16. The molecule has 0 saturated heterocycles. The lowest BCUT2D eigenvalue weighted by Crippen LogP contribution is -2.42. The van der Waals surface area contributed by atoms with E-state index in [0.717, 1.165) is 50.7 Å². The molecule has 0 aliphatic rings. The first-order valence-electron chi connectivity index (χ1n) is 14.8. The second kappa shape index (κ2) is 23.9. The molecule has 0 fully saturated rings. The lowest BCUT2D eigenvalue weighted by molar-refractivity contribution is 0.667. The van der Waals surface area contributed by atoms with Crippen molar-refractivity contribution in [3.05, 3.63) is 35.9 Å². The van der Waals surface area contributed by atoms with Crippen LogP contribution in [0, 0.1) is 0 Å². The summed E-state index contributed by atoms with van der Waals surface area (Å²) in [5, 5.41) is 6.18. The fourth-order valence-corrected chi connectivity index (χ4v) is 5.07. The third-order valence-electron chi connectivity index (χ3n) is 6.13. The van der Waals surface area contributed by atoms with Gasteiger partial charge in [-0.3, -0.25) is 30.6 Å². The number of guanidine groups is 4. The van der Waals surface area contributed by atoms with Crippen LogP contribution in [-0.4, -0.2) is 55.3 Å². The number of unbranched alkanes of at least 4 members (excludes halogenated alkanes) is 6. The third-order valence-corrected chi connectivity index (χ3v) is 7.57. The number of hydrogen-bond donors (Lipinski definition) is 6. The van der Waals surface area contributed by atoms with E-state index in [1.54, 1.807) is 0 Å². The predicted molar refractivity (Wildman–Crippen MR) is 176 cm³/mol. The van der Waals surface area contributed by atoms with Crippen molar-refractivity contribution in [3.8, 4) is 0 Å². The minimum atomic E-state index is 0.301. The van der Waals surface area contributed by atoms with Crippen LogP contribution in [0.1, 0.15) is 90.0 Å². The van der Waals surface area contributed by atoms with Gasteiger partial charge in [-0.05, 0) is 37.7 Å². The van der Waals surface area contributed by atoms with E-state index in [1.807, 2.05) is 17.8 Å². The smallest absolute Gasteiger partial charge is 0.195 e. The summed E-state index contributed by atoms with van der Waals surface area (Å²) in [7, 11) is 0. The number of benzene rings is 1. The van der Waals surface area contributed by atoms with Gasteiger partial charge in [0.25, 0.3) is 0 Å². The van der Waals surface area contributed by atoms with Gasteiger partial charge in [0.2, 0.25) is 0 Å². The highest BCUT2D eigenvalue weighted by Gasteiger charge is 2.10. The zero-order valence-corrected chi connectivity index (χ0v) is 25.6. The van der Waals surface area contributed by atoms with Crippen LogP contribution in [0.15, 0.2) is 50.3 Å². The number of hydrogen-bond acceptors (Lipinski definition) is 5. The highest BCUT2D eigenvalue weighted by atomic mass is 32.2. The standard InChI is InChI=1S/C29H54N10S/c1-3-5-7-12-19-34-26(30)38-28(32)36-21-14-17-25(40-23-24-15-10-9-11-16-24)18-22-37-29(33)39-27(31)35-20-13-8-6-4-2/h9-11,15-16,25H,3-8,12-14,17-23H2,1-2H3,(H5,30,32,34,36,38)(H5,31,33,35,37,39). The molecule has 0 aromatic heterocycles. The molecule has 226 valence electrons.